The van der Waals surface area contributed by atoms with Crippen molar-refractivity contribution < 1.29 is 4.79 Å². The average molecular weight is 242 g/mol. The van der Waals surface area contributed by atoms with Crippen molar-refractivity contribution in [1.29, 1.82) is 5.26 Å². The van der Waals surface area contributed by atoms with E-state index in [1.54, 1.807) is 12.1 Å². The van der Waals surface area contributed by atoms with Crippen molar-refractivity contribution in [1.82, 2.24) is 4.98 Å². The van der Waals surface area contributed by atoms with Gasteiger partial charge in [0.25, 0.3) is 0 Å². The maximum atomic E-state index is 12.1. The zero-order valence-electron chi connectivity index (χ0n) is 9.25. The standard InChI is InChI=1S/C13H10N2OS/c1-9-15-8-12(17-9)13(16)11(7-14)10-5-3-2-4-6-10/h2-6,8,11H,1H3. The number of thiazole rings is 1. The van der Waals surface area contributed by atoms with Gasteiger partial charge in [0.05, 0.1) is 16.0 Å². The molecule has 1 aromatic heterocycles. The van der Waals surface area contributed by atoms with E-state index in [4.69, 9.17) is 5.26 Å². The van der Waals surface area contributed by atoms with Crippen molar-refractivity contribution in [3.63, 3.8) is 0 Å². The number of nitrogens with zero attached hydrogens (tertiary/aromatic N) is 2. The predicted molar refractivity (Wildman–Crippen MR) is 66.0 cm³/mol. The summed E-state index contributed by atoms with van der Waals surface area (Å²) in [5.41, 5.74) is 0.728. The largest absolute Gasteiger partial charge is 0.291 e. The number of ketones is 1. The average Bonchev–Trinajstić information content (AvgIpc) is 2.78. The van der Waals surface area contributed by atoms with Gasteiger partial charge in [-0.25, -0.2) is 4.98 Å². The van der Waals surface area contributed by atoms with E-state index in [2.05, 4.69) is 11.1 Å². The number of hydrogen-bond donors (Lipinski definition) is 0. The van der Waals surface area contributed by atoms with Gasteiger partial charge in [0, 0.05) is 6.20 Å². The van der Waals surface area contributed by atoms with E-state index in [-0.39, 0.29) is 5.78 Å². The molecule has 0 fully saturated rings. The van der Waals surface area contributed by atoms with Crippen LogP contribution in [0, 0.1) is 18.3 Å². The summed E-state index contributed by atoms with van der Waals surface area (Å²) in [6.45, 7) is 1.84. The van der Waals surface area contributed by atoms with Crippen LogP contribution in [0.5, 0.6) is 0 Å². The Morgan fingerprint density at radius 1 is 1.41 bits per heavy atom. The molecule has 0 aliphatic carbocycles. The minimum absolute atomic E-state index is 0.177. The number of benzene rings is 1. The van der Waals surface area contributed by atoms with Crippen LogP contribution in [-0.4, -0.2) is 10.8 Å². The lowest BCUT2D eigenvalue weighted by Gasteiger charge is -2.05. The highest BCUT2D eigenvalue weighted by Gasteiger charge is 2.23. The zero-order valence-corrected chi connectivity index (χ0v) is 10.1. The second kappa shape index (κ2) is 4.89. The van der Waals surface area contributed by atoms with Crippen molar-refractivity contribution in [2.75, 3.05) is 0 Å². The van der Waals surface area contributed by atoms with Crippen molar-refractivity contribution in [2.24, 2.45) is 0 Å². The number of carbonyl (C=O) groups is 1. The van der Waals surface area contributed by atoms with E-state index in [1.165, 1.54) is 17.5 Å². The highest BCUT2D eigenvalue weighted by Crippen LogP contribution is 2.23. The molecule has 1 heterocycles. The number of rotatable bonds is 3. The third kappa shape index (κ3) is 2.40. The lowest BCUT2D eigenvalue weighted by Crippen LogP contribution is -2.09. The molecular weight excluding hydrogens is 232 g/mol. The van der Waals surface area contributed by atoms with Crippen LogP contribution in [0.25, 0.3) is 0 Å². The van der Waals surface area contributed by atoms with Crippen molar-refractivity contribution in [3.8, 4) is 6.07 Å². The summed E-state index contributed by atoms with van der Waals surface area (Å²) in [4.78, 5) is 16.7. The van der Waals surface area contributed by atoms with Crippen LogP contribution < -0.4 is 0 Å². The van der Waals surface area contributed by atoms with E-state index in [0.29, 0.717) is 4.88 Å². The molecule has 2 rings (SSSR count). The Morgan fingerprint density at radius 3 is 2.65 bits per heavy atom. The molecule has 0 bridgehead atoms. The van der Waals surface area contributed by atoms with Crippen molar-refractivity contribution in [2.45, 2.75) is 12.8 Å². The first-order valence-corrected chi connectivity index (χ1v) is 5.95. The number of nitriles is 1. The Kier molecular flexibility index (Phi) is 3.31. The third-order valence-electron chi connectivity index (χ3n) is 2.39. The second-order valence-electron chi connectivity index (χ2n) is 3.58. The fourth-order valence-electron chi connectivity index (χ4n) is 1.55. The summed E-state index contributed by atoms with van der Waals surface area (Å²) in [6.07, 6.45) is 1.54. The van der Waals surface area contributed by atoms with Gasteiger partial charge in [-0.2, -0.15) is 5.26 Å². The van der Waals surface area contributed by atoms with Gasteiger partial charge < -0.3 is 0 Å². The minimum atomic E-state index is -0.740. The molecular formula is C13H10N2OS. The van der Waals surface area contributed by atoms with Gasteiger partial charge in [-0.05, 0) is 12.5 Å². The molecule has 1 atom stereocenters. The number of aromatic nitrogens is 1. The molecule has 3 nitrogen and oxygen atoms in total. The monoisotopic (exact) mass is 242 g/mol. The van der Waals surface area contributed by atoms with Gasteiger partial charge >= 0.3 is 0 Å². The lowest BCUT2D eigenvalue weighted by molar-refractivity contribution is 0.0982. The van der Waals surface area contributed by atoms with Gasteiger partial charge in [0.15, 0.2) is 5.78 Å². The van der Waals surface area contributed by atoms with E-state index < -0.39 is 5.92 Å². The normalized spacial score (nSPS) is 11.8. The van der Waals surface area contributed by atoms with Crippen molar-refractivity contribution >= 4 is 17.1 Å². The van der Waals surface area contributed by atoms with Crippen LogP contribution in [0.4, 0.5) is 0 Å². The molecule has 84 valence electrons. The summed E-state index contributed by atoms with van der Waals surface area (Å²) < 4.78 is 0. The van der Waals surface area contributed by atoms with E-state index in [1.807, 2.05) is 25.1 Å². The van der Waals surface area contributed by atoms with E-state index in [0.717, 1.165) is 10.6 Å². The van der Waals surface area contributed by atoms with Crippen LogP contribution in [0.15, 0.2) is 36.5 Å². The van der Waals surface area contributed by atoms with Crippen LogP contribution in [-0.2, 0) is 0 Å². The molecule has 4 heteroatoms. The smallest absolute Gasteiger partial charge is 0.195 e. The number of carbonyl (C=O) groups excluding carboxylic acids is 1. The van der Waals surface area contributed by atoms with Gasteiger partial charge in [0.2, 0.25) is 0 Å². The summed E-state index contributed by atoms with van der Waals surface area (Å²) in [6, 6.07) is 11.1. The SMILES string of the molecule is Cc1ncc(C(=O)C(C#N)c2ccccc2)s1. The molecule has 1 aromatic carbocycles. The number of hydrogen-bond acceptors (Lipinski definition) is 4. The highest BCUT2D eigenvalue weighted by atomic mass is 32.1. The molecule has 17 heavy (non-hydrogen) atoms. The molecule has 2 aromatic rings. The molecule has 0 saturated heterocycles. The second-order valence-corrected chi connectivity index (χ2v) is 4.82. The lowest BCUT2D eigenvalue weighted by atomic mass is 9.96. The zero-order chi connectivity index (χ0) is 12.3. The van der Waals surface area contributed by atoms with Crippen LogP contribution in [0.2, 0.25) is 0 Å². The summed E-state index contributed by atoms with van der Waals surface area (Å²) in [5.74, 6) is -0.916. The summed E-state index contributed by atoms with van der Waals surface area (Å²) >= 11 is 1.32. The Balaban J connectivity index is 2.32. The van der Waals surface area contributed by atoms with Crippen LogP contribution in [0.1, 0.15) is 26.2 Å². The molecule has 1 unspecified atom stereocenters. The third-order valence-corrected chi connectivity index (χ3v) is 3.32. The fourth-order valence-corrected chi connectivity index (χ4v) is 2.30. The first kappa shape index (κ1) is 11.5. The maximum absolute atomic E-state index is 12.1. The van der Waals surface area contributed by atoms with Crippen molar-refractivity contribution in [3.05, 3.63) is 52.0 Å². The highest BCUT2D eigenvalue weighted by molar-refractivity contribution is 7.13. The topological polar surface area (TPSA) is 53.8 Å². The Morgan fingerprint density at radius 2 is 2.12 bits per heavy atom. The molecule has 0 N–H and O–H groups in total. The Hall–Kier alpha value is -1.99. The number of Topliss-reactive ketones (excluding diaryl/α,β-unsaturated/α-hetero) is 1. The Bertz CT molecular complexity index is 569. The molecule has 0 saturated carbocycles. The van der Waals surface area contributed by atoms with Crippen LogP contribution >= 0.6 is 11.3 Å². The van der Waals surface area contributed by atoms with E-state index >= 15 is 0 Å². The molecule has 0 aliphatic heterocycles. The van der Waals surface area contributed by atoms with Gasteiger partial charge in [-0.1, -0.05) is 30.3 Å². The van der Waals surface area contributed by atoms with Gasteiger partial charge in [-0.3, -0.25) is 4.79 Å². The number of aryl methyl sites for hydroxylation is 1. The quantitative estimate of drug-likeness (QED) is 0.777. The maximum Gasteiger partial charge on any atom is 0.195 e. The summed E-state index contributed by atoms with van der Waals surface area (Å²) in [7, 11) is 0. The van der Waals surface area contributed by atoms with Gasteiger partial charge in [-0.15, -0.1) is 11.3 Å². The molecule has 0 radical (unpaired) electrons. The van der Waals surface area contributed by atoms with E-state index in [9.17, 15) is 4.79 Å². The van der Waals surface area contributed by atoms with Gasteiger partial charge in [0.1, 0.15) is 5.92 Å². The first-order chi connectivity index (χ1) is 8.22. The molecule has 0 amide bonds. The Labute approximate surface area is 103 Å². The fraction of sp³-hybridized carbons (Fsp3) is 0.154. The molecule has 0 spiro atoms. The summed E-state index contributed by atoms with van der Waals surface area (Å²) in [5, 5.41) is 9.96. The predicted octanol–water partition coefficient (Wildman–Crippen LogP) is 2.94. The first-order valence-electron chi connectivity index (χ1n) is 5.13. The molecule has 0 aliphatic rings. The minimum Gasteiger partial charge on any atom is -0.291 e. The van der Waals surface area contributed by atoms with Crippen LogP contribution in [0.3, 0.4) is 0 Å².